The second kappa shape index (κ2) is 17.7. The molecular formula is C50H47N7O5. The molecule has 5 aromatic carbocycles. The van der Waals surface area contributed by atoms with Crippen LogP contribution in [0.2, 0.25) is 0 Å². The number of aryl methyl sites for hydroxylation is 1. The van der Waals surface area contributed by atoms with Crippen molar-refractivity contribution in [3.8, 4) is 23.2 Å². The van der Waals surface area contributed by atoms with Gasteiger partial charge in [-0.05, 0) is 95.3 Å². The standard InChI is InChI=1S/C50H47N7O5/c1-3-60-49-51-43-26-16-25-42(48(59)62-34-61-47(58)37-17-8-4-9-18-37)45(43)56(49)33-36-27-29-41(30-28-36)55-32-35(2)31-44(55)46-52-53-54-57(46)50(38-19-10-5-11-20-38,39-21-12-6-13-22-39)40-23-14-7-15-24-40/h5-7,10-16,19-32,37H,3-4,8-9,17-18,33-34H2,1-2H3. The zero-order valence-corrected chi connectivity index (χ0v) is 34.8. The third-order valence-corrected chi connectivity index (χ3v) is 11.7. The van der Waals surface area contributed by atoms with Gasteiger partial charge in [0.1, 0.15) is 5.54 Å². The number of ether oxygens (including phenoxy) is 3. The van der Waals surface area contributed by atoms with Crippen LogP contribution >= 0.6 is 0 Å². The molecule has 9 rings (SSSR count). The van der Waals surface area contributed by atoms with Crippen molar-refractivity contribution in [1.29, 1.82) is 0 Å². The van der Waals surface area contributed by atoms with Gasteiger partial charge in [0.15, 0.2) is 0 Å². The average molecular weight is 826 g/mol. The Kier molecular flexibility index (Phi) is 11.5. The van der Waals surface area contributed by atoms with Crippen LogP contribution in [0.25, 0.3) is 28.2 Å². The highest BCUT2D eigenvalue weighted by Crippen LogP contribution is 2.42. The first-order valence-electron chi connectivity index (χ1n) is 21.2. The smallest absolute Gasteiger partial charge is 0.343 e. The maximum absolute atomic E-state index is 13.5. The highest BCUT2D eigenvalue weighted by molar-refractivity contribution is 6.02. The lowest BCUT2D eigenvalue weighted by Gasteiger charge is -2.36. The molecule has 62 heavy (non-hydrogen) atoms. The van der Waals surface area contributed by atoms with Crippen LogP contribution in [0.3, 0.4) is 0 Å². The topological polar surface area (TPSA) is 128 Å². The number of hydrogen-bond donors (Lipinski definition) is 0. The van der Waals surface area contributed by atoms with Gasteiger partial charge in [-0.25, -0.2) is 9.48 Å². The van der Waals surface area contributed by atoms with Crippen molar-refractivity contribution in [2.45, 2.75) is 58.0 Å². The van der Waals surface area contributed by atoms with Crippen LogP contribution in [0, 0.1) is 12.8 Å². The van der Waals surface area contributed by atoms with Gasteiger partial charge in [0.2, 0.25) is 12.6 Å². The highest BCUT2D eigenvalue weighted by atomic mass is 16.7. The van der Waals surface area contributed by atoms with E-state index in [9.17, 15) is 9.59 Å². The third-order valence-electron chi connectivity index (χ3n) is 11.7. The van der Waals surface area contributed by atoms with Crippen LogP contribution < -0.4 is 4.74 Å². The lowest BCUT2D eigenvalue weighted by atomic mass is 9.77. The Labute approximate surface area is 359 Å². The molecule has 1 saturated carbocycles. The summed E-state index contributed by atoms with van der Waals surface area (Å²) in [5.74, 6) is -0.479. The van der Waals surface area contributed by atoms with Gasteiger partial charge >= 0.3 is 11.9 Å². The molecule has 3 heterocycles. The molecule has 0 amide bonds. The molecular weight excluding hydrogens is 779 g/mol. The summed E-state index contributed by atoms with van der Waals surface area (Å²) in [5.41, 5.74) is 7.29. The molecule has 1 aliphatic carbocycles. The van der Waals surface area contributed by atoms with Gasteiger partial charge in [0.25, 0.3) is 6.01 Å². The van der Waals surface area contributed by atoms with E-state index in [0.29, 0.717) is 41.6 Å². The largest absolute Gasteiger partial charge is 0.465 e. The normalized spacial score (nSPS) is 13.3. The molecule has 0 atom stereocenters. The molecule has 312 valence electrons. The summed E-state index contributed by atoms with van der Waals surface area (Å²) in [6.45, 7) is 4.25. The molecule has 8 aromatic rings. The lowest BCUT2D eigenvalue weighted by Crippen LogP contribution is -2.39. The van der Waals surface area contributed by atoms with E-state index in [1.165, 1.54) is 0 Å². The van der Waals surface area contributed by atoms with Crippen molar-refractivity contribution in [3.63, 3.8) is 0 Å². The zero-order valence-electron chi connectivity index (χ0n) is 34.8. The number of aromatic nitrogens is 7. The number of tetrazole rings is 1. The van der Waals surface area contributed by atoms with Gasteiger partial charge in [-0.3, -0.25) is 9.36 Å². The van der Waals surface area contributed by atoms with E-state index < -0.39 is 18.3 Å². The van der Waals surface area contributed by atoms with Crippen LogP contribution in [0.15, 0.2) is 146 Å². The number of fused-ring (bicyclic) bond motifs is 1. The van der Waals surface area contributed by atoms with Crippen molar-refractivity contribution in [2.24, 2.45) is 5.92 Å². The van der Waals surface area contributed by atoms with Crippen molar-refractivity contribution < 1.29 is 23.8 Å². The molecule has 0 spiro atoms. The van der Waals surface area contributed by atoms with Crippen LogP contribution in [-0.4, -0.2) is 59.7 Å². The summed E-state index contributed by atoms with van der Waals surface area (Å²) in [7, 11) is 0. The van der Waals surface area contributed by atoms with Gasteiger partial charge in [-0.1, -0.05) is 128 Å². The number of para-hydroxylation sites is 1. The minimum atomic E-state index is -0.911. The summed E-state index contributed by atoms with van der Waals surface area (Å²) < 4.78 is 22.8. The minimum absolute atomic E-state index is 0.142. The highest BCUT2D eigenvalue weighted by Gasteiger charge is 2.42. The fraction of sp³-hybridized carbons (Fsp3) is 0.240. The molecule has 0 bridgehead atoms. The summed E-state index contributed by atoms with van der Waals surface area (Å²) in [4.78, 5) is 30.9. The Morgan fingerprint density at radius 2 is 1.40 bits per heavy atom. The molecule has 0 unspecified atom stereocenters. The van der Waals surface area contributed by atoms with E-state index in [0.717, 1.165) is 71.3 Å². The molecule has 0 saturated heterocycles. The van der Waals surface area contributed by atoms with Crippen molar-refractivity contribution in [1.82, 2.24) is 34.3 Å². The van der Waals surface area contributed by atoms with E-state index in [-0.39, 0.29) is 11.9 Å². The van der Waals surface area contributed by atoms with Gasteiger partial charge < -0.3 is 18.8 Å². The molecule has 12 nitrogen and oxygen atoms in total. The van der Waals surface area contributed by atoms with Crippen molar-refractivity contribution in [2.75, 3.05) is 13.4 Å². The molecule has 12 heteroatoms. The van der Waals surface area contributed by atoms with E-state index in [4.69, 9.17) is 29.5 Å². The maximum Gasteiger partial charge on any atom is 0.343 e. The number of rotatable bonds is 14. The number of carbonyl (C=O) groups excluding carboxylic acids is 2. The first kappa shape index (κ1) is 40.1. The van der Waals surface area contributed by atoms with Crippen LogP contribution in [0.4, 0.5) is 0 Å². The van der Waals surface area contributed by atoms with Crippen LogP contribution in [-0.2, 0) is 26.4 Å². The number of esters is 2. The van der Waals surface area contributed by atoms with Gasteiger partial charge in [0, 0.05) is 11.9 Å². The number of carbonyl (C=O) groups is 2. The molecule has 1 fully saturated rings. The second-order valence-electron chi connectivity index (χ2n) is 15.6. The number of nitrogens with zero attached hydrogens (tertiary/aromatic N) is 7. The van der Waals surface area contributed by atoms with Gasteiger partial charge in [0.05, 0.1) is 41.4 Å². The Morgan fingerprint density at radius 3 is 2.03 bits per heavy atom. The van der Waals surface area contributed by atoms with Crippen LogP contribution in [0.5, 0.6) is 6.01 Å². The molecule has 0 aliphatic heterocycles. The summed E-state index contributed by atoms with van der Waals surface area (Å²) >= 11 is 0. The van der Waals surface area contributed by atoms with E-state index in [1.807, 2.05) is 89.0 Å². The first-order valence-corrected chi connectivity index (χ1v) is 21.2. The fourth-order valence-corrected chi connectivity index (χ4v) is 8.79. The fourth-order valence-electron chi connectivity index (χ4n) is 8.79. The Balaban J connectivity index is 1.04. The molecule has 0 radical (unpaired) electrons. The van der Waals surface area contributed by atoms with E-state index >= 15 is 0 Å². The zero-order chi connectivity index (χ0) is 42.5. The molecule has 3 aromatic heterocycles. The predicted molar refractivity (Wildman–Crippen MR) is 235 cm³/mol. The Bertz CT molecular complexity index is 2700. The minimum Gasteiger partial charge on any atom is -0.465 e. The summed E-state index contributed by atoms with van der Waals surface area (Å²) in [6.07, 6.45) is 6.83. The Hall–Kier alpha value is -7.34. The van der Waals surface area contributed by atoms with E-state index in [1.54, 1.807) is 12.1 Å². The molecule has 0 N–H and O–H groups in total. The quantitative estimate of drug-likeness (QED) is 0.0599. The second-order valence-corrected chi connectivity index (χ2v) is 15.6. The predicted octanol–water partition coefficient (Wildman–Crippen LogP) is 9.31. The summed E-state index contributed by atoms with van der Waals surface area (Å²) in [5, 5.41) is 13.8. The SMILES string of the molecule is CCOc1nc2cccc(C(=O)OCOC(=O)C3CCCCC3)c2n1Cc1ccc(-n2cc(C)cc2-c2nnnn2C(c2ccccc2)(c2ccccc2)c2ccccc2)cc1. The number of imidazole rings is 1. The van der Waals surface area contributed by atoms with Crippen molar-refractivity contribution >= 4 is 23.0 Å². The maximum atomic E-state index is 13.5. The summed E-state index contributed by atoms with van der Waals surface area (Å²) in [6, 6.07) is 47.0. The van der Waals surface area contributed by atoms with Gasteiger partial charge in [-0.2, -0.15) is 4.98 Å². The number of benzene rings is 5. The lowest BCUT2D eigenvalue weighted by molar-refractivity contribution is -0.158. The monoisotopic (exact) mass is 825 g/mol. The third kappa shape index (κ3) is 7.64. The molecule has 1 aliphatic rings. The average Bonchev–Trinajstić information content (AvgIpc) is 4.06. The first-order chi connectivity index (χ1) is 30.4. The Morgan fingerprint density at radius 1 is 0.758 bits per heavy atom. The number of hydrogen-bond acceptors (Lipinski definition) is 9. The van der Waals surface area contributed by atoms with Crippen molar-refractivity contribution in [3.05, 3.63) is 179 Å². The van der Waals surface area contributed by atoms with Crippen LogP contribution in [0.1, 0.15) is 77.2 Å². The van der Waals surface area contributed by atoms with Gasteiger partial charge in [-0.15, -0.1) is 5.10 Å². The van der Waals surface area contributed by atoms with E-state index in [2.05, 4.69) is 77.5 Å².